The molecule has 0 bridgehead atoms. The van der Waals surface area contributed by atoms with Gasteiger partial charge in [-0.2, -0.15) is 0 Å². The van der Waals surface area contributed by atoms with Crippen LogP contribution < -0.4 is 0 Å². The molecule has 1 fully saturated rings. The predicted octanol–water partition coefficient (Wildman–Crippen LogP) is 1.88. The maximum Gasteiger partial charge on any atom is 0.155 e. The summed E-state index contributed by atoms with van der Waals surface area (Å²) in [6.07, 6.45) is 5.90. The monoisotopic (exact) mass is 225 g/mol. The number of likely N-dealkylation sites (N-methyl/N-ethyl adjacent to an activating group) is 1. The molecule has 16 heavy (non-hydrogen) atoms. The van der Waals surface area contributed by atoms with Crippen LogP contribution in [0.15, 0.2) is 12.2 Å². The van der Waals surface area contributed by atoms with Gasteiger partial charge >= 0.3 is 0 Å². The van der Waals surface area contributed by atoms with E-state index in [1.165, 1.54) is 0 Å². The average Bonchev–Trinajstić information content (AvgIpc) is 3.09. The normalized spacial score (nSPS) is 21.6. The van der Waals surface area contributed by atoms with E-state index < -0.39 is 0 Å². The molecule has 1 aliphatic rings. The van der Waals surface area contributed by atoms with E-state index in [9.17, 15) is 4.79 Å². The van der Waals surface area contributed by atoms with E-state index in [0.29, 0.717) is 18.4 Å². The molecule has 0 N–H and O–H groups in total. The van der Waals surface area contributed by atoms with E-state index in [1.807, 2.05) is 13.0 Å². The minimum atomic E-state index is 0.202. The van der Waals surface area contributed by atoms with E-state index >= 15 is 0 Å². The number of rotatable bonds is 8. The molecule has 0 amide bonds. The van der Waals surface area contributed by atoms with Crippen molar-refractivity contribution >= 4 is 5.78 Å². The van der Waals surface area contributed by atoms with Crippen molar-refractivity contribution < 1.29 is 9.53 Å². The Balaban J connectivity index is 2.07. The van der Waals surface area contributed by atoms with Gasteiger partial charge < -0.3 is 9.64 Å². The quantitative estimate of drug-likeness (QED) is 0.467. The summed E-state index contributed by atoms with van der Waals surface area (Å²) in [5.41, 5.74) is 0. The second-order valence-electron chi connectivity index (χ2n) is 4.62. The standard InChI is InChI=1S/C13H23NO2/c1-4-12(15)6-5-8-14(3)9-7-11(2)13-10-16-13/h5-6,11,13H,4,7-10H2,1-3H3/b6-5+. The Bertz CT molecular complexity index is 246. The maximum atomic E-state index is 11.0. The summed E-state index contributed by atoms with van der Waals surface area (Å²) in [5, 5.41) is 0. The number of ether oxygens (including phenoxy) is 1. The summed E-state index contributed by atoms with van der Waals surface area (Å²) in [4.78, 5) is 13.3. The third-order valence-corrected chi connectivity index (χ3v) is 3.03. The van der Waals surface area contributed by atoms with Gasteiger partial charge in [0.15, 0.2) is 5.78 Å². The molecule has 1 aliphatic heterocycles. The molecule has 92 valence electrons. The van der Waals surface area contributed by atoms with E-state index in [1.54, 1.807) is 6.08 Å². The van der Waals surface area contributed by atoms with Crippen molar-refractivity contribution in [1.29, 1.82) is 0 Å². The van der Waals surface area contributed by atoms with Crippen LogP contribution in [0.4, 0.5) is 0 Å². The predicted molar refractivity (Wildman–Crippen MR) is 65.5 cm³/mol. The van der Waals surface area contributed by atoms with Crippen LogP contribution in [-0.4, -0.2) is 43.5 Å². The second-order valence-corrected chi connectivity index (χ2v) is 4.62. The molecule has 0 radical (unpaired) electrons. The average molecular weight is 225 g/mol. The third kappa shape index (κ3) is 5.42. The molecule has 0 spiro atoms. The van der Waals surface area contributed by atoms with Gasteiger partial charge in [-0.15, -0.1) is 0 Å². The molecule has 0 aromatic heterocycles. The zero-order chi connectivity index (χ0) is 12.0. The van der Waals surface area contributed by atoms with Crippen LogP contribution in [0.25, 0.3) is 0 Å². The van der Waals surface area contributed by atoms with Gasteiger partial charge in [-0.25, -0.2) is 0 Å². The summed E-state index contributed by atoms with van der Waals surface area (Å²) in [6.45, 7) is 6.97. The van der Waals surface area contributed by atoms with E-state index in [-0.39, 0.29) is 5.78 Å². The Morgan fingerprint density at radius 3 is 2.88 bits per heavy atom. The number of epoxide rings is 1. The molecule has 0 aromatic carbocycles. The first-order chi connectivity index (χ1) is 7.63. The van der Waals surface area contributed by atoms with Crippen LogP contribution in [0, 0.1) is 5.92 Å². The zero-order valence-corrected chi connectivity index (χ0v) is 10.6. The van der Waals surface area contributed by atoms with Crippen LogP contribution in [0.2, 0.25) is 0 Å². The van der Waals surface area contributed by atoms with E-state index in [4.69, 9.17) is 4.74 Å². The lowest BCUT2D eigenvalue weighted by Gasteiger charge is -2.16. The SMILES string of the molecule is CCC(=O)/C=C/CN(C)CCC(C)C1CO1. The fraction of sp³-hybridized carbons (Fsp3) is 0.769. The number of carbonyl (C=O) groups is 1. The first-order valence-corrected chi connectivity index (χ1v) is 6.13. The minimum absolute atomic E-state index is 0.202. The van der Waals surface area contributed by atoms with Crippen LogP contribution in [-0.2, 0) is 9.53 Å². The Kier molecular flexibility index (Phi) is 5.71. The van der Waals surface area contributed by atoms with Gasteiger partial charge in [0.1, 0.15) is 0 Å². The van der Waals surface area contributed by atoms with E-state index in [0.717, 1.165) is 26.1 Å². The Morgan fingerprint density at radius 2 is 2.31 bits per heavy atom. The summed E-state index contributed by atoms with van der Waals surface area (Å²) in [7, 11) is 2.08. The molecule has 1 heterocycles. The Labute approximate surface area is 98.5 Å². The van der Waals surface area contributed by atoms with Gasteiger partial charge in [0.05, 0.1) is 12.7 Å². The molecule has 3 nitrogen and oxygen atoms in total. The van der Waals surface area contributed by atoms with Crippen molar-refractivity contribution in [3.63, 3.8) is 0 Å². The fourth-order valence-corrected chi connectivity index (χ4v) is 1.57. The molecule has 0 saturated carbocycles. The van der Waals surface area contributed by atoms with Crippen LogP contribution in [0.1, 0.15) is 26.7 Å². The Hall–Kier alpha value is -0.670. The Morgan fingerprint density at radius 1 is 1.62 bits per heavy atom. The molecule has 0 aromatic rings. The van der Waals surface area contributed by atoms with Gasteiger partial charge in [0.2, 0.25) is 0 Å². The van der Waals surface area contributed by atoms with Crippen molar-refractivity contribution in [3.8, 4) is 0 Å². The van der Waals surface area contributed by atoms with Gasteiger partial charge in [-0.05, 0) is 32.0 Å². The lowest BCUT2D eigenvalue weighted by molar-refractivity contribution is -0.114. The van der Waals surface area contributed by atoms with Gasteiger partial charge in [0, 0.05) is 13.0 Å². The van der Waals surface area contributed by atoms with Crippen LogP contribution in [0.3, 0.4) is 0 Å². The van der Waals surface area contributed by atoms with Crippen molar-refractivity contribution in [3.05, 3.63) is 12.2 Å². The third-order valence-electron chi connectivity index (χ3n) is 3.03. The van der Waals surface area contributed by atoms with Crippen molar-refractivity contribution in [1.82, 2.24) is 4.90 Å². The summed E-state index contributed by atoms with van der Waals surface area (Å²) < 4.78 is 5.25. The topological polar surface area (TPSA) is 32.8 Å². The molecule has 2 unspecified atom stereocenters. The summed E-state index contributed by atoms with van der Waals surface area (Å²) >= 11 is 0. The van der Waals surface area contributed by atoms with Gasteiger partial charge in [0.25, 0.3) is 0 Å². The van der Waals surface area contributed by atoms with Gasteiger partial charge in [-0.3, -0.25) is 4.79 Å². The van der Waals surface area contributed by atoms with Crippen LogP contribution >= 0.6 is 0 Å². The number of hydrogen-bond acceptors (Lipinski definition) is 3. The molecular formula is C13H23NO2. The molecule has 0 aliphatic carbocycles. The second kappa shape index (κ2) is 6.81. The zero-order valence-electron chi connectivity index (χ0n) is 10.6. The molecule has 1 saturated heterocycles. The van der Waals surface area contributed by atoms with Crippen molar-refractivity contribution in [2.24, 2.45) is 5.92 Å². The number of nitrogens with zero attached hydrogens (tertiary/aromatic N) is 1. The largest absolute Gasteiger partial charge is 0.373 e. The highest BCUT2D eigenvalue weighted by molar-refractivity contribution is 5.89. The number of carbonyl (C=O) groups excluding carboxylic acids is 1. The summed E-state index contributed by atoms with van der Waals surface area (Å²) in [5.74, 6) is 0.858. The first-order valence-electron chi connectivity index (χ1n) is 6.13. The van der Waals surface area contributed by atoms with Crippen LogP contribution in [0.5, 0.6) is 0 Å². The van der Waals surface area contributed by atoms with Crippen molar-refractivity contribution in [2.45, 2.75) is 32.8 Å². The molecule has 3 heteroatoms. The molecule has 1 rings (SSSR count). The lowest BCUT2D eigenvalue weighted by atomic mass is 10.0. The van der Waals surface area contributed by atoms with E-state index in [2.05, 4.69) is 18.9 Å². The summed E-state index contributed by atoms with van der Waals surface area (Å²) in [6, 6.07) is 0. The van der Waals surface area contributed by atoms with Gasteiger partial charge in [-0.1, -0.05) is 19.9 Å². The van der Waals surface area contributed by atoms with Crippen molar-refractivity contribution in [2.75, 3.05) is 26.7 Å². The highest BCUT2D eigenvalue weighted by Crippen LogP contribution is 2.22. The molecule has 2 atom stereocenters. The number of ketones is 1. The fourth-order valence-electron chi connectivity index (χ4n) is 1.57. The minimum Gasteiger partial charge on any atom is -0.373 e. The number of allylic oxidation sites excluding steroid dienone is 1. The lowest BCUT2D eigenvalue weighted by Crippen LogP contribution is -2.22. The highest BCUT2D eigenvalue weighted by atomic mass is 16.6. The number of hydrogen-bond donors (Lipinski definition) is 0. The highest BCUT2D eigenvalue weighted by Gasteiger charge is 2.28. The first kappa shape index (κ1) is 13.4. The smallest absolute Gasteiger partial charge is 0.155 e. The maximum absolute atomic E-state index is 11.0. The molecular weight excluding hydrogens is 202 g/mol.